The molecule has 4 aromatic rings. The Labute approximate surface area is 242 Å². The number of amides is 1. The van der Waals surface area contributed by atoms with Gasteiger partial charge in [0.25, 0.3) is 5.91 Å². The van der Waals surface area contributed by atoms with Gasteiger partial charge in [0.1, 0.15) is 5.75 Å². The predicted octanol–water partition coefficient (Wildman–Crippen LogP) is 6.61. The first-order valence-electron chi connectivity index (χ1n) is 14.9. The lowest BCUT2D eigenvalue weighted by molar-refractivity contribution is -0.0462. The summed E-state index contributed by atoms with van der Waals surface area (Å²) in [5.41, 5.74) is 5.67. The number of benzene rings is 3. The Balaban J connectivity index is 1.26. The van der Waals surface area contributed by atoms with E-state index < -0.39 is 0 Å². The number of fused-ring (bicyclic) bond motifs is 2. The van der Waals surface area contributed by atoms with Gasteiger partial charge in [-0.3, -0.25) is 4.79 Å². The molecule has 1 aromatic heterocycles. The number of nitrogens with one attached hydrogen (secondary N) is 3. The van der Waals surface area contributed by atoms with Crippen LogP contribution < -0.4 is 20.3 Å². The molecule has 0 bridgehead atoms. The Morgan fingerprint density at radius 1 is 1.05 bits per heavy atom. The number of anilines is 2. The Bertz CT molecular complexity index is 1510. The van der Waals surface area contributed by atoms with Gasteiger partial charge < -0.3 is 30.0 Å². The summed E-state index contributed by atoms with van der Waals surface area (Å²) in [6.45, 7) is 8.48. The first kappa shape index (κ1) is 27.4. The van der Waals surface area contributed by atoms with E-state index in [4.69, 9.17) is 9.47 Å². The van der Waals surface area contributed by atoms with Crippen molar-refractivity contribution in [1.82, 2.24) is 10.3 Å². The number of rotatable bonds is 7. The third-order valence-corrected chi connectivity index (χ3v) is 8.32. The number of para-hydroxylation sites is 2. The number of aromatic amines is 1. The van der Waals surface area contributed by atoms with Gasteiger partial charge >= 0.3 is 0 Å². The van der Waals surface area contributed by atoms with Crippen molar-refractivity contribution in [2.45, 2.75) is 64.3 Å². The molecule has 214 valence electrons. The summed E-state index contributed by atoms with van der Waals surface area (Å²) >= 11 is 0. The molecule has 7 heteroatoms. The van der Waals surface area contributed by atoms with Crippen molar-refractivity contribution in [3.63, 3.8) is 0 Å². The van der Waals surface area contributed by atoms with E-state index in [1.165, 1.54) is 0 Å². The van der Waals surface area contributed by atoms with Gasteiger partial charge in [0, 0.05) is 48.0 Å². The maximum absolute atomic E-state index is 14.0. The van der Waals surface area contributed by atoms with Gasteiger partial charge in [-0.1, -0.05) is 18.2 Å². The van der Waals surface area contributed by atoms with Gasteiger partial charge in [0.15, 0.2) is 0 Å². The van der Waals surface area contributed by atoms with E-state index in [1.54, 1.807) is 0 Å². The maximum Gasteiger partial charge on any atom is 0.258 e. The average molecular weight is 553 g/mol. The summed E-state index contributed by atoms with van der Waals surface area (Å²) < 4.78 is 12.5. The van der Waals surface area contributed by atoms with E-state index in [0.717, 1.165) is 65.0 Å². The van der Waals surface area contributed by atoms with Crippen molar-refractivity contribution in [2.75, 3.05) is 29.9 Å². The second-order valence-corrected chi connectivity index (χ2v) is 11.5. The lowest BCUT2D eigenvalue weighted by Gasteiger charge is -2.34. The molecule has 3 aromatic carbocycles. The molecule has 1 saturated heterocycles. The van der Waals surface area contributed by atoms with E-state index in [-0.39, 0.29) is 24.2 Å². The minimum Gasteiger partial charge on any atom is -0.493 e. The minimum atomic E-state index is -0.0164. The number of hydrogen-bond donors (Lipinski definition) is 3. The lowest BCUT2D eigenvalue weighted by atomic mass is 10.0. The highest BCUT2D eigenvalue weighted by Gasteiger charge is 2.26. The third-order valence-electron chi connectivity index (χ3n) is 8.32. The largest absolute Gasteiger partial charge is 0.493 e. The summed E-state index contributed by atoms with van der Waals surface area (Å²) in [4.78, 5) is 19.1. The molecule has 3 heterocycles. The molecule has 1 fully saturated rings. The molecule has 41 heavy (non-hydrogen) atoms. The fourth-order valence-corrected chi connectivity index (χ4v) is 6.03. The first-order chi connectivity index (χ1) is 20.0. The van der Waals surface area contributed by atoms with Crippen molar-refractivity contribution in [1.29, 1.82) is 0 Å². The number of nitrogens with zero attached hydrogens (tertiary/aromatic N) is 1. The summed E-state index contributed by atoms with van der Waals surface area (Å²) in [5.74, 6) is 0.715. The molecule has 1 unspecified atom stereocenters. The number of carbonyl (C=O) groups excluding carboxylic acids is 1. The van der Waals surface area contributed by atoms with Crippen LogP contribution in [0.4, 0.5) is 11.4 Å². The van der Waals surface area contributed by atoms with Gasteiger partial charge in [-0.05, 0) is 99.5 Å². The number of aromatic nitrogens is 1. The molecule has 0 spiro atoms. The second-order valence-electron chi connectivity index (χ2n) is 11.5. The fraction of sp³-hybridized carbons (Fsp3) is 0.382. The van der Waals surface area contributed by atoms with Crippen LogP contribution in [0.2, 0.25) is 0 Å². The molecule has 7 nitrogen and oxygen atoms in total. The first-order valence-corrected chi connectivity index (χ1v) is 14.9. The van der Waals surface area contributed by atoms with E-state index >= 15 is 0 Å². The Hall–Kier alpha value is -3.81. The van der Waals surface area contributed by atoms with Crippen LogP contribution >= 0.6 is 0 Å². The van der Waals surface area contributed by atoms with Crippen LogP contribution in [0.25, 0.3) is 22.0 Å². The summed E-state index contributed by atoms with van der Waals surface area (Å²) in [7, 11) is 0. The van der Waals surface area contributed by atoms with Crippen molar-refractivity contribution < 1.29 is 14.3 Å². The number of ether oxygens (including phenoxy) is 2. The molecule has 2 aliphatic rings. The zero-order chi connectivity index (χ0) is 28.3. The van der Waals surface area contributed by atoms with Crippen molar-refractivity contribution in [3.8, 4) is 16.9 Å². The van der Waals surface area contributed by atoms with Crippen LogP contribution in [0.1, 0.15) is 50.4 Å². The minimum absolute atomic E-state index is 0.0164. The molecule has 1 amide bonds. The summed E-state index contributed by atoms with van der Waals surface area (Å²) in [6, 6.07) is 23.0. The van der Waals surface area contributed by atoms with Gasteiger partial charge in [0.2, 0.25) is 0 Å². The number of morpholine rings is 1. The lowest BCUT2D eigenvalue weighted by Crippen LogP contribution is -2.50. The fourth-order valence-electron chi connectivity index (χ4n) is 6.03. The second kappa shape index (κ2) is 12.0. The SMILES string of the molecule is C[C@H]1CCN(C(=O)c2ccc(-c3ccc4[nH]ccc4c3)c(OCCCC3NC[C@H](C)O[C@@H]3C)c2)c2ccccc2N1. The Morgan fingerprint density at radius 3 is 2.80 bits per heavy atom. The smallest absolute Gasteiger partial charge is 0.258 e. The molecule has 0 aliphatic carbocycles. The van der Waals surface area contributed by atoms with Crippen LogP contribution in [-0.4, -0.2) is 54.9 Å². The Kier molecular flexibility index (Phi) is 7.99. The highest BCUT2D eigenvalue weighted by molar-refractivity contribution is 6.08. The van der Waals surface area contributed by atoms with Crippen LogP contribution in [0, 0.1) is 0 Å². The zero-order valence-electron chi connectivity index (χ0n) is 24.2. The third kappa shape index (κ3) is 5.97. The van der Waals surface area contributed by atoms with E-state index in [1.807, 2.05) is 53.6 Å². The monoisotopic (exact) mass is 552 g/mol. The highest BCUT2D eigenvalue weighted by Crippen LogP contribution is 2.35. The number of hydrogen-bond acceptors (Lipinski definition) is 5. The van der Waals surface area contributed by atoms with Gasteiger partial charge in [-0.2, -0.15) is 0 Å². The summed E-state index contributed by atoms with van der Waals surface area (Å²) in [5, 5.41) is 8.29. The predicted molar refractivity (Wildman–Crippen MR) is 166 cm³/mol. The van der Waals surface area contributed by atoms with Crippen molar-refractivity contribution in [3.05, 3.63) is 78.5 Å². The zero-order valence-corrected chi connectivity index (χ0v) is 24.2. The maximum atomic E-state index is 14.0. The van der Waals surface area contributed by atoms with E-state index in [0.29, 0.717) is 24.8 Å². The molecule has 3 N–H and O–H groups in total. The molecular formula is C34H40N4O3. The molecule has 4 atom stereocenters. The van der Waals surface area contributed by atoms with E-state index in [9.17, 15) is 4.79 Å². The Morgan fingerprint density at radius 2 is 1.93 bits per heavy atom. The molecule has 0 radical (unpaired) electrons. The standard InChI is InChI=1S/C34H40N4O3/c1-22-15-17-38(32-9-5-4-7-31(32)37-22)34(39)27-10-12-28(25-11-13-30-26(19-25)14-16-35-30)33(20-27)40-18-6-8-29-24(3)41-23(2)21-36-29/h4-5,7,9-14,16,19-20,22-24,29,35-37H,6,8,15,17-18,21H2,1-3H3/t22-,23-,24+,29?/m0/s1. The van der Waals surface area contributed by atoms with Gasteiger partial charge in [0.05, 0.1) is 30.2 Å². The highest BCUT2D eigenvalue weighted by atomic mass is 16.5. The average Bonchev–Trinajstić information content (AvgIpc) is 3.38. The van der Waals surface area contributed by atoms with Crippen molar-refractivity contribution >= 4 is 28.2 Å². The molecular weight excluding hydrogens is 512 g/mol. The number of carbonyl (C=O) groups is 1. The number of H-pyrrole nitrogens is 1. The van der Waals surface area contributed by atoms with Crippen LogP contribution in [0.3, 0.4) is 0 Å². The topological polar surface area (TPSA) is 78.6 Å². The molecule has 6 rings (SSSR count). The van der Waals surface area contributed by atoms with Crippen LogP contribution in [-0.2, 0) is 4.74 Å². The molecule has 0 saturated carbocycles. The quantitative estimate of drug-likeness (QED) is 0.225. The van der Waals surface area contributed by atoms with Gasteiger partial charge in [-0.25, -0.2) is 0 Å². The van der Waals surface area contributed by atoms with Gasteiger partial charge in [-0.15, -0.1) is 0 Å². The van der Waals surface area contributed by atoms with E-state index in [2.05, 4.69) is 60.7 Å². The van der Waals surface area contributed by atoms with Crippen LogP contribution in [0.5, 0.6) is 5.75 Å². The summed E-state index contributed by atoms with van der Waals surface area (Å²) in [6.07, 6.45) is 5.09. The normalized spacial score (nSPS) is 22.6. The molecule has 2 aliphatic heterocycles. The van der Waals surface area contributed by atoms with Crippen LogP contribution in [0.15, 0.2) is 72.9 Å². The van der Waals surface area contributed by atoms with Crippen molar-refractivity contribution in [2.24, 2.45) is 0 Å².